The molecule has 1 rings (SSSR count). The summed E-state index contributed by atoms with van der Waals surface area (Å²) in [7, 11) is -6.88. The van der Waals surface area contributed by atoms with Crippen LogP contribution in [0.4, 0.5) is 0 Å². The maximum atomic E-state index is 11.6. The molecule has 0 fully saturated rings. The minimum atomic E-state index is -3.59. The highest BCUT2D eigenvalue weighted by molar-refractivity contribution is 7.93. The normalized spacial score (nSPS) is 12.5. The first-order chi connectivity index (χ1) is 8.72. The third-order valence-electron chi connectivity index (χ3n) is 2.36. The molecule has 0 atom stereocenters. The largest absolute Gasteiger partial charge is 0.229 e. The fraction of sp³-hybridized carbons (Fsp3) is 0.455. The first-order valence-corrected chi connectivity index (χ1v) is 9.75. The lowest BCUT2D eigenvalue weighted by atomic mass is 10.1. The molecule has 0 aliphatic heterocycles. The number of hydrogen-bond donors (Lipinski definition) is 1. The average Bonchev–Trinajstić information content (AvgIpc) is 2.34. The second-order valence-electron chi connectivity index (χ2n) is 4.22. The monoisotopic (exact) mass is 325 g/mol. The molecule has 0 bridgehead atoms. The lowest BCUT2D eigenvalue weighted by Crippen LogP contribution is -2.29. The fourth-order valence-electron chi connectivity index (χ4n) is 1.35. The summed E-state index contributed by atoms with van der Waals surface area (Å²) in [6.45, 7) is 0.122. The van der Waals surface area contributed by atoms with E-state index >= 15 is 0 Å². The van der Waals surface area contributed by atoms with Crippen LogP contribution in [0.1, 0.15) is 11.1 Å². The molecule has 5 nitrogen and oxygen atoms in total. The molecule has 0 amide bonds. The quantitative estimate of drug-likeness (QED) is 0.755. The van der Waals surface area contributed by atoms with Crippen molar-refractivity contribution in [2.75, 3.05) is 17.8 Å². The number of sulfone groups is 1. The molecule has 0 spiro atoms. The molecular formula is C11H16ClNO4S2. The van der Waals surface area contributed by atoms with E-state index in [4.69, 9.17) is 11.6 Å². The van der Waals surface area contributed by atoms with Crippen molar-refractivity contribution in [2.24, 2.45) is 0 Å². The van der Waals surface area contributed by atoms with E-state index in [1.54, 1.807) is 18.2 Å². The molecule has 1 aromatic carbocycles. The predicted molar refractivity (Wildman–Crippen MR) is 76.3 cm³/mol. The van der Waals surface area contributed by atoms with Crippen molar-refractivity contribution < 1.29 is 16.8 Å². The van der Waals surface area contributed by atoms with Gasteiger partial charge in [0.2, 0.25) is 10.0 Å². The molecule has 1 aromatic rings. The van der Waals surface area contributed by atoms with Gasteiger partial charge in [0, 0.05) is 18.7 Å². The van der Waals surface area contributed by atoms with Crippen LogP contribution in [0.25, 0.3) is 0 Å². The van der Waals surface area contributed by atoms with Gasteiger partial charge < -0.3 is 0 Å². The highest BCUT2D eigenvalue weighted by atomic mass is 35.5. The summed E-state index contributed by atoms with van der Waals surface area (Å²) in [5.41, 5.74) is 1.68. The van der Waals surface area contributed by atoms with Crippen LogP contribution in [-0.2, 0) is 32.3 Å². The summed E-state index contributed by atoms with van der Waals surface area (Å²) in [5, 5.41) is 0. The first-order valence-electron chi connectivity index (χ1n) is 5.51. The van der Waals surface area contributed by atoms with E-state index in [2.05, 4.69) is 4.72 Å². The van der Waals surface area contributed by atoms with E-state index in [1.165, 1.54) is 0 Å². The van der Waals surface area contributed by atoms with Crippen molar-refractivity contribution in [3.05, 3.63) is 35.4 Å². The Morgan fingerprint density at radius 1 is 1.11 bits per heavy atom. The van der Waals surface area contributed by atoms with Crippen LogP contribution in [0.2, 0.25) is 0 Å². The molecule has 0 aliphatic rings. The highest BCUT2D eigenvalue weighted by Gasteiger charge is 2.14. The van der Waals surface area contributed by atoms with Crippen molar-refractivity contribution in [3.63, 3.8) is 0 Å². The zero-order valence-electron chi connectivity index (χ0n) is 10.5. The molecule has 19 heavy (non-hydrogen) atoms. The molecular weight excluding hydrogens is 310 g/mol. The fourth-order valence-corrected chi connectivity index (χ4v) is 4.14. The van der Waals surface area contributed by atoms with Gasteiger partial charge in [0.15, 0.2) is 0 Å². The summed E-state index contributed by atoms with van der Waals surface area (Å²) < 4.78 is 47.4. The number of hydrogen-bond acceptors (Lipinski definition) is 4. The van der Waals surface area contributed by atoms with E-state index in [0.717, 1.165) is 17.4 Å². The predicted octanol–water partition coefficient (Wildman–Crippen LogP) is 0.889. The molecule has 0 unspecified atom stereocenters. The van der Waals surface area contributed by atoms with Crippen LogP contribution in [0.15, 0.2) is 24.3 Å². The molecule has 0 aromatic heterocycles. The lowest BCUT2D eigenvalue weighted by molar-refractivity contribution is 0.578. The molecule has 0 heterocycles. The van der Waals surface area contributed by atoms with E-state index in [0.29, 0.717) is 5.88 Å². The van der Waals surface area contributed by atoms with Crippen molar-refractivity contribution in [3.8, 4) is 0 Å². The number of rotatable bonds is 7. The Labute approximate surface area is 118 Å². The Kier molecular flexibility index (Phi) is 5.79. The van der Waals surface area contributed by atoms with Crippen molar-refractivity contribution in [1.82, 2.24) is 4.72 Å². The molecule has 8 heteroatoms. The van der Waals surface area contributed by atoms with Gasteiger partial charge in [0.05, 0.1) is 11.5 Å². The zero-order valence-corrected chi connectivity index (χ0v) is 12.9. The minimum absolute atomic E-state index is 0.122. The Bertz CT molecular complexity index is 626. The van der Waals surface area contributed by atoms with Crippen LogP contribution < -0.4 is 4.72 Å². The van der Waals surface area contributed by atoms with Crippen molar-refractivity contribution in [2.45, 2.75) is 12.4 Å². The first kappa shape index (κ1) is 16.4. The lowest BCUT2D eigenvalue weighted by Gasteiger charge is -2.07. The van der Waals surface area contributed by atoms with Gasteiger partial charge in [0.1, 0.15) is 9.84 Å². The number of benzene rings is 1. The van der Waals surface area contributed by atoms with Gasteiger partial charge in [0.25, 0.3) is 0 Å². The number of sulfonamides is 1. The average molecular weight is 326 g/mol. The Morgan fingerprint density at radius 2 is 1.74 bits per heavy atom. The second-order valence-corrected chi connectivity index (χ2v) is 8.68. The number of alkyl halides is 1. The van der Waals surface area contributed by atoms with Gasteiger partial charge in [-0.2, -0.15) is 0 Å². The second kappa shape index (κ2) is 6.69. The van der Waals surface area contributed by atoms with Crippen molar-refractivity contribution in [1.29, 1.82) is 0 Å². The smallest absolute Gasteiger partial charge is 0.212 e. The van der Waals surface area contributed by atoms with Gasteiger partial charge >= 0.3 is 0 Å². The summed E-state index contributed by atoms with van der Waals surface area (Å²) >= 11 is 5.68. The molecule has 0 radical (unpaired) electrons. The zero-order chi connectivity index (χ0) is 14.5. The van der Waals surface area contributed by atoms with Gasteiger partial charge in [-0.15, -0.1) is 11.6 Å². The Hall–Kier alpha value is -0.630. The van der Waals surface area contributed by atoms with Crippen LogP contribution >= 0.6 is 11.6 Å². The van der Waals surface area contributed by atoms with E-state index in [9.17, 15) is 16.8 Å². The topological polar surface area (TPSA) is 80.3 Å². The molecule has 0 saturated carbocycles. The maximum absolute atomic E-state index is 11.6. The maximum Gasteiger partial charge on any atom is 0.212 e. The Morgan fingerprint density at radius 3 is 2.32 bits per heavy atom. The highest BCUT2D eigenvalue weighted by Crippen LogP contribution is 2.08. The van der Waals surface area contributed by atoms with Crippen LogP contribution in [0, 0.1) is 0 Å². The van der Waals surface area contributed by atoms with Gasteiger partial charge in [-0.05, 0) is 11.1 Å². The summed E-state index contributed by atoms with van der Waals surface area (Å²) in [6.07, 6.45) is 1.01. The van der Waals surface area contributed by atoms with Gasteiger partial charge in [-0.3, -0.25) is 0 Å². The third-order valence-corrected chi connectivity index (χ3v) is 5.20. The molecule has 1 N–H and O–H groups in total. The third kappa shape index (κ3) is 6.91. The van der Waals surface area contributed by atoms with E-state index in [1.807, 2.05) is 6.07 Å². The number of halogens is 1. The standard InChI is InChI=1S/C11H16ClNO4S2/c1-18(14,15)5-6-19(16,17)13-9-11-4-2-3-10(7-11)8-12/h2-4,7,13H,5-6,8-9H2,1H3. The van der Waals surface area contributed by atoms with E-state index < -0.39 is 25.6 Å². The summed E-state index contributed by atoms with van der Waals surface area (Å²) in [5.74, 6) is -0.459. The van der Waals surface area contributed by atoms with Crippen LogP contribution in [-0.4, -0.2) is 34.6 Å². The van der Waals surface area contributed by atoms with Gasteiger partial charge in [-0.25, -0.2) is 21.6 Å². The SMILES string of the molecule is CS(=O)(=O)CCS(=O)(=O)NCc1cccc(CCl)c1. The van der Waals surface area contributed by atoms with Crippen LogP contribution in [0.3, 0.4) is 0 Å². The number of nitrogens with one attached hydrogen (secondary N) is 1. The Balaban J connectivity index is 2.60. The van der Waals surface area contributed by atoms with E-state index in [-0.39, 0.29) is 12.3 Å². The van der Waals surface area contributed by atoms with Crippen LogP contribution in [0.5, 0.6) is 0 Å². The molecule has 108 valence electrons. The summed E-state index contributed by atoms with van der Waals surface area (Å²) in [6, 6.07) is 7.20. The molecule has 0 aliphatic carbocycles. The minimum Gasteiger partial charge on any atom is -0.229 e. The van der Waals surface area contributed by atoms with Crippen molar-refractivity contribution >= 4 is 31.5 Å². The molecule has 0 saturated heterocycles. The van der Waals surface area contributed by atoms with Gasteiger partial charge in [-0.1, -0.05) is 24.3 Å². The summed E-state index contributed by atoms with van der Waals surface area (Å²) in [4.78, 5) is 0.